The van der Waals surface area contributed by atoms with E-state index in [2.05, 4.69) is 48.5 Å². The molecule has 1 atom stereocenters. The lowest BCUT2D eigenvalue weighted by Crippen LogP contribution is -2.31. The molecule has 0 heterocycles. The lowest BCUT2D eigenvalue weighted by molar-refractivity contribution is -0.0536. The fraction of sp³-hybridized carbons (Fsp3) is 1.00. The highest BCUT2D eigenvalue weighted by Crippen LogP contribution is 2.31. The molecule has 0 aliphatic rings. The highest BCUT2D eigenvalue weighted by Gasteiger charge is 2.26. The molecule has 1 unspecified atom stereocenters. The third-order valence-electron chi connectivity index (χ3n) is 3.82. The molecule has 0 saturated carbocycles. The van der Waals surface area contributed by atoms with Crippen molar-refractivity contribution in [2.75, 3.05) is 6.61 Å². The predicted octanol–water partition coefficient (Wildman–Crippen LogP) is 4.26. The molecule has 0 N–H and O–H groups in total. The van der Waals surface area contributed by atoms with Crippen molar-refractivity contribution in [1.29, 1.82) is 0 Å². The molecule has 0 amide bonds. The average Bonchev–Trinajstić information content (AvgIpc) is 2.14. The number of hydrogen-bond donors (Lipinski definition) is 0. The molecule has 86 valence electrons. The molecular weight excluding hydrogens is 172 g/mol. The smallest absolute Gasteiger partial charge is 0.0624 e. The molecule has 0 radical (unpaired) electrons. The van der Waals surface area contributed by atoms with Crippen LogP contribution in [0.25, 0.3) is 0 Å². The van der Waals surface area contributed by atoms with Crippen LogP contribution < -0.4 is 0 Å². The molecule has 1 nitrogen and oxygen atoms in total. The second-order valence-corrected chi connectivity index (χ2v) is 5.67. The summed E-state index contributed by atoms with van der Waals surface area (Å²) in [7, 11) is 0. The Hall–Kier alpha value is -0.0400. The Morgan fingerprint density at radius 2 is 1.50 bits per heavy atom. The van der Waals surface area contributed by atoms with E-state index in [0.29, 0.717) is 11.3 Å². The quantitative estimate of drug-likeness (QED) is 0.622. The maximum absolute atomic E-state index is 5.93. The van der Waals surface area contributed by atoms with Gasteiger partial charge in [-0.1, -0.05) is 41.0 Å². The Bertz CT molecular complexity index is 159. The Labute approximate surface area is 90.2 Å². The van der Waals surface area contributed by atoms with Crippen LogP contribution in [0, 0.1) is 11.3 Å². The molecule has 0 rings (SSSR count). The molecule has 0 bridgehead atoms. The van der Waals surface area contributed by atoms with Crippen LogP contribution in [-0.4, -0.2) is 12.2 Å². The summed E-state index contributed by atoms with van der Waals surface area (Å²) in [5.74, 6) is 0.623. The summed E-state index contributed by atoms with van der Waals surface area (Å²) in [6.45, 7) is 16.6. The van der Waals surface area contributed by atoms with E-state index in [1.54, 1.807) is 0 Å². The van der Waals surface area contributed by atoms with Crippen molar-refractivity contribution in [2.24, 2.45) is 11.3 Å². The van der Waals surface area contributed by atoms with Crippen molar-refractivity contribution in [3.05, 3.63) is 0 Å². The number of rotatable bonds is 6. The van der Waals surface area contributed by atoms with E-state index in [0.717, 1.165) is 13.0 Å². The zero-order valence-electron chi connectivity index (χ0n) is 11.1. The van der Waals surface area contributed by atoms with Gasteiger partial charge in [0.05, 0.1) is 12.2 Å². The Morgan fingerprint density at radius 3 is 1.86 bits per heavy atom. The zero-order valence-corrected chi connectivity index (χ0v) is 11.1. The summed E-state index contributed by atoms with van der Waals surface area (Å²) in [6.07, 6.45) is 2.29. The van der Waals surface area contributed by atoms with Crippen molar-refractivity contribution >= 4 is 0 Å². The van der Waals surface area contributed by atoms with E-state index in [4.69, 9.17) is 4.74 Å². The van der Waals surface area contributed by atoms with Crippen LogP contribution in [0.3, 0.4) is 0 Å². The van der Waals surface area contributed by atoms with E-state index >= 15 is 0 Å². The van der Waals surface area contributed by atoms with E-state index in [1.807, 2.05) is 0 Å². The monoisotopic (exact) mass is 200 g/mol. The van der Waals surface area contributed by atoms with Crippen molar-refractivity contribution in [3.8, 4) is 0 Å². The van der Waals surface area contributed by atoms with Gasteiger partial charge in [-0.2, -0.15) is 0 Å². The minimum absolute atomic E-state index is 0.0398. The maximum atomic E-state index is 5.93. The van der Waals surface area contributed by atoms with Crippen LogP contribution in [0.15, 0.2) is 0 Å². The molecular formula is C13H28O. The molecule has 0 spiro atoms. The van der Waals surface area contributed by atoms with Crippen molar-refractivity contribution in [1.82, 2.24) is 0 Å². The second-order valence-electron chi connectivity index (χ2n) is 5.67. The van der Waals surface area contributed by atoms with E-state index < -0.39 is 0 Å². The van der Waals surface area contributed by atoms with E-state index in [-0.39, 0.29) is 5.60 Å². The lowest BCUT2D eigenvalue weighted by atomic mass is 9.78. The third-order valence-corrected chi connectivity index (χ3v) is 3.82. The first kappa shape index (κ1) is 14.0. The predicted molar refractivity (Wildman–Crippen MR) is 63.6 cm³/mol. The van der Waals surface area contributed by atoms with Crippen LogP contribution >= 0.6 is 0 Å². The highest BCUT2D eigenvalue weighted by atomic mass is 16.5. The highest BCUT2D eigenvalue weighted by molar-refractivity contribution is 4.75. The summed E-state index contributed by atoms with van der Waals surface area (Å²) in [5, 5.41) is 0. The summed E-state index contributed by atoms with van der Waals surface area (Å²) in [6, 6.07) is 0. The summed E-state index contributed by atoms with van der Waals surface area (Å²) in [4.78, 5) is 0. The van der Waals surface area contributed by atoms with Gasteiger partial charge in [-0.15, -0.1) is 0 Å². The SMILES string of the molecule is CCC(C)(C)OCC(C)C(C)(C)CC. The van der Waals surface area contributed by atoms with Gasteiger partial charge in [-0.05, 0) is 31.6 Å². The number of hydrogen-bond acceptors (Lipinski definition) is 1. The maximum Gasteiger partial charge on any atom is 0.0624 e. The molecule has 0 aromatic rings. The Balaban J connectivity index is 4.02. The summed E-state index contributed by atoms with van der Waals surface area (Å²) >= 11 is 0. The third kappa shape index (κ3) is 4.45. The van der Waals surface area contributed by atoms with Crippen LogP contribution in [0.4, 0.5) is 0 Å². The van der Waals surface area contributed by atoms with Gasteiger partial charge in [0.25, 0.3) is 0 Å². The Kier molecular flexibility index (Phi) is 5.14. The molecule has 0 aliphatic heterocycles. The lowest BCUT2D eigenvalue weighted by Gasteiger charge is -2.33. The van der Waals surface area contributed by atoms with Gasteiger partial charge in [0.15, 0.2) is 0 Å². The van der Waals surface area contributed by atoms with E-state index in [1.165, 1.54) is 6.42 Å². The van der Waals surface area contributed by atoms with Crippen molar-refractivity contribution in [2.45, 2.75) is 66.9 Å². The van der Waals surface area contributed by atoms with Gasteiger partial charge >= 0.3 is 0 Å². The van der Waals surface area contributed by atoms with Gasteiger partial charge in [-0.3, -0.25) is 0 Å². The topological polar surface area (TPSA) is 9.23 Å². The minimum Gasteiger partial charge on any atom is -0.375 e. The average molecular weight is 200 g/mol. The molecule has 0 aromatic heterocycles. The van der Waals surface area contributed by atoms with Gasteiger partial charge in [0.2, 0.25) is 0 Å². The summed E-state index contributed by atoms with van der Waals surface area (Å²) in [5.41, 5.74) is 0.432. The largest absolute Gasteiger partial charge is 0.375 e. The van der Waals surface area contributed by atoms with Gasteiger partial charge in [0.1, 0.15) is 0 Å². The fourth-order valence-corrected chi connectivity index (χ4v) is 1.03. The minimum atomic E-state index is 0.0398. The van der Waals surface area contributed by atoms with Crippen molar-refractivity contribution in [3.63, 3.8) is 0 Å². The first-order chi connectivity index (χ1) is 6.25. The molecule has 0 aromatic carbocycles. The van der Waals surface area contributed by atoms with Crippen LogP contribution in [0.2, 0.25) is 0 Å². The van der Waals surface area contributed by atoms with Crippen LogP contribution in [-0.2, 0) is 4.74 Å². The number of ether oxygens (including phenoxy) is 1. The first-order valence-electron chi connectivity index (χ1n) is 5.89. The second kappa shape index (κ2) is 5.16. The van der Waals surface area contributed by atoms with E-state index in [9.17, 15) is 0 Å². The molecule has 0 saturated heterocycles. The normalized spacial score (nSPS) is 15.6. The summed E-state index contributed by atoms with van der Waals surface area (Å²) < 4.78 is 5.93. The molecule has 1 heteroatoms. The zero-order chi connectivity index (χ0) is 11.4. The van der Waals surface area contributed by atoms with Crippen LogP contribution in [0.5, 0.6) is 0 Å². The molecule has 0 fully saturated rings. The van der Waals surface area contributed by atoms with Gasteiger partial charge < -0.3 is 4.74 Å². The first-order valence-corrected chi connectivity index (χ1v) is 5.89. The fourth-order valence-electron chi connectivity index (χ4n) is 1.03. The molecule has 14 heavy (non-hydrogen) atoms. The molecule has 0 aliphatic carbocycles. The standard InChI is InChI=1S/C13H28O/c1-8-12(4,5)11(3)10-14-13(6,7)9-2/h11H,8-10H2,1-7H3. The van der Waals surface area contributed by atoms with Crippen LogP contribution in [0.1, 0.15) is 61.3 Å². The van der Waals surface area contributed by atoms with Gasteiger partial charge in [0, 0.05) is 0 Å². The Morgan fingerprint density at radius 1 is 1.00 bits per heavy atom. The van der Waals surface area contributed by atoms with Gasteiger partial charge in [-0.25, -0.2) is 0 Å². The van der Waals surface area contributed by atoms with Crippen molar-refractivity contribution < 1.29 is 4.74 Å².